The van der Waals surface area contributed by atoms with Crippen molar-refractivity contribution in [2.45, 2.75) is 51.5 Å². The average Bonchev–Trinajstić information content (AvgIpc) is 2.50. The summed E-state index contributed by atoms with van der Waals surface area (Å²) in [6.07, 6.45) is 7.89. The largest absolute Gasteiger partial charge is 0.194 e. The molecule has 0 radical (unpaired) electrons. The van der Waals surface area contributed by atoms with E-state index in [0.29, 0.717) is 6.04 Å². The van der Waals surface area contributed by atoms with Gasteiger partial charge in [-0.25, -0.2) is 0 Å². The third-order valence-electron chi connectivity index (χ3n) is 2.20. The lowest BCUT2D eigenvalue weighted by Crippen LogP contribution is -1.99. The average molecular weight is 154 g/mol. The first-order valence-electron chi connectivity index (χ1n) is 4.80. The minimum atomic E-state index is 0.576. The second-order valence-corrected chi connectivity index (χ2v) is 3.27. The van der Waals surface area contributed by atoms with Gasteiger partial charge in [0.15, 0.2) is 0 Å². The molecule has 1 aliphatic heterocycles. The van der Waals surface area contributed by atoms with Gasteiger partial charge < -0.3 is 0 Å². The molecule has 1 rings (SSSR count). The van der Waals surface area contributed by atoms with E-state index in [1.165, 1.54) is 38.5 Å². The minimum Gasteiger partial charge on any atom is -0.194 e. The van der Waals surface area contributed by atoms with Gasteiger partial charge in [-0.3, -0.25) is 0 Å². The van der Waals surface area contributed by atoms with E-state index in [9.17, 15) is 0 Å². The summed E-state index contributed by atoms with van der Waals surface area (Å²) in [4.78, 5) is 0. The zero-order valence-electron chi connectivity index (χ0n) is 7.42. The molecule has 0 saturated heterocycles. The van der Waals surface area contributed by atoms with Crippen molar-refractivity contribution in [1.29, 1.82) is 0 Å². The summed E-state index contributed by atoms with van der Waals surface area (Å²) < 4.78 is 0. The third kappa shape index (κ3) is 3.49. The second kappa shape index (κ2) is 5.28. The number of rotatable bonds is 5. The zero-order chi connectivity index (χ0) is 7.94. The van der Waals surface area contributed by atoms with E-state index in [4.69, 9.17) is 0 Å². The summed E-state index contributed by atoms with van der Waals surface area (Å²) in [5, 5.41) is 8.15. The Morgan fingerprint density at radius 3 is 2.82 bits per heavy atom. The molecular formula is C9H18N2. The SMILES string of the molecule is CCCCCCC1CCN=N1. The van der Waals surface area contributed by atoms with Gasteiger partial charge in [-0.2, -0.15) is 10.2 Å². The molecule has 0 fully saturated rings. The van der Waals surface area contributed by atoms with Crippen LogP contribution in [0, 0.1) is 0 Å². The Balaban J connectivity index is 1.90. The van der Waals surface area contributed by atoms with Crippen molar-refractivity contribution >= 4 is 0 Å². The van der Waals surface area contributed by atoms with Crippen LogP contribution < -0.4 is 0 Å². The topological polar surface area (TPSA) is 24.7 Å². The molecule has 0 saturated carbocycles. The molecule has 0 aromatic carbocycles. The highest BCUT2D eigenvalue weighted by Crippen LogP contribution is 2.15. The van der Waals surface area contributed by atoms with Crippen molar-refractivity contribution in [2.24, 2.45) is 10.2 Å². The summed E-state index contributed by atoms with van der Waals surface area (Å²) in [6, 6.07) is 0.576. The molecule has 0 amide bonds. The molecule has 0 spiro atoms. The first-order chi connectivity index (χ1) is 5.43. The lowest BCUT2D eigenvalue weighted by Gasteiger charge is -2.02. The Kier molecular flexibility index (Phi) is 4.17. The number of nitrogens with zero attached hydrogens (tertiary/aromatic N) is 2. The van der Waals surface area contributed by atoms with Crippen molar-refractivity contribution in [3.8, 4) is 0 Å². The third-order valence-corrected chi connectivity index (χ3v) is 2.20. The van der Waals surface area contributed by atoms with E-state index < -0.39 is 0 Å². The monoisotopic (exact) mass is 154 g/mol. The van der Waals surface area contributed by atoms with Gasteiger partial charge >= 0.3 is 0 Å². The van der Waals surface area contributed by atoms with Crippen molar-refractivity contribution in [1.82, 2.24) is 0 Å². The number of unbranched alkanes of at least 4 members (excludes halogenated alkanes) is 3. The van der Waals surface area contributed by atoms with Crippen LogP contribution >= 0.6 is 0 Å². The maximum Gasteiger partial charge on any atom is 0.0726 e. The smallest absolute Gasteiger partial charge is 0.0726 e. The molecule has 11 heavy (non-hydrogen) atoms. The van der Waals surface area contributed by atoms with Crippen LogP contribution in [0.2, 0.25) is 0 Å². The van der Waals surface area contributed by atoms with E-state index in [1.54, 1.807) is 0 Å². The van der Waals surface area contributed by atoms with Gasteiger partial charge in [-0.15, -0.1) is 0 Å². The predicted octanol–water partition coefficient (Wildman–Crippen LogP) is 3.18. The van der Waals surface area contributed by atoms with E-state index in [-0.39, 0.29) is 0 Å². The fraction of sp³-hybridized carbons (Fsp3) is 1.00. The molecule has 1 heterocycles. The second-order valence-electron chi connectivity index (χ2n) is 3.27. The molecule has 2 nitrogen and oxygen atoms in total. The Labute approximate surface area is 69.1 Å². The van der Waals surface area contributed by atoms with Crippen LogP contribution in [0.15, 0.2) is 10.2 Å². The fourth-order valence-electron chi connectivity index (χ4n) is 1.45. The van der Waals surface area contributed by atoms with Crippen molar-refractivity contribution in [3.63, 3.8) is 0 Å². The molecule has 0 aromatic heterocycles. The first-order valence-corrected chi connectivity index (χ1v) is 4.80. The molecule has 0 N–H and O–H groups in total. The molecule has 1 atom stereocenters. The maximum atomic E-state index is 4.16. The predicted molar refractivity (Wildman–Crippen MR) is 46.9 cm³/mol. The highest BCUT2D eigenvalue weighted by Gasteiger charge is 2.10. The summed E-state index contributed by atoms with van der Waals surface area (Å²) in [7, 11) is 0. The van der Waals surface area contributed by atoms with Gasteiger partial charge in [0, 0.05) is 0 Å². The number of hydrogen-bond acceptors (Lipinski definition) is 2. The fourth-order valence-corrected chi connectivity index (χ4v) is 1.45. The highest BCUT2D eigenvalue weighted by molar-refractivity contribution is 4.70. The van der Waals surface area contributed by atoms with Crippen molar-refractivity contribution in [3.05, 3.63) is 0 Å². The Morgan fingerprint density at radius 1 is 1.27 bits per heavy atom. The number of azo groups is 1. The van der Waals surface area contributed by atoms with Crippen LogP contribution in [-0.2, 0) is 0 Å². The van der Waals surface area contributed by atoms with Crippen molar-refractivity contribution < 1.29 is 0 Å². The van der Waals surface area contributed by atoms with Gasteiger partial charge in [0.1, 0.15) is 0 Å². The van der Waals surface area contributed by atoms with E-state index in [1.807, 2.05) is 0 Å². The van der Waals surface area contributed by atoms with Gasteiger partial charge in [-0.1, -0.05) is 32.6 Å². The van der Waals surface area contributed by atoms with Crippen LogP contribution in [0.5, 0.6) is 0 Å². The Bertz CT molecular complexity index is 121. The quantitative estimate of drug-likeness (QED) is 0.543. The minimum absolute atomic E-state index is 0.576. The molecule has 1 aliphatic rings. The van der Waals surface area contributed by atoms with Crippen LogP contribution in [0.3, 0.4) is 0 Å². The molecule has 64 valence electrons. The van der Waals surface area contributed by atoms with Crippen LogP contribution in [0.4, 0.5) is 0 Å². The number of hydrogen-bond donors (Lipinski definition) is 0. The summed E-state index contributed by atoms with van der Waals surface area (Å²) >= 11 is 0. The molecule has 0 aromatic rings. The van der Waals surface area contributed by atoms with Crippen LogP contribution in [-0.4, -0.2) is 12.6 Å². The van der Waals surface area contributed by atoms with Gasteiger partial charge in [0.25, 0.3) is 0 Å². The molecule has 1 unspecified atom stereocenters. The molecule has 0 bridgehead atoms. The first kappa shape index (κ1) is 8.69. The normalized spacial score (nSPS) is 22.8. The van der Waals surface area contributed by atoms with Crippen molar-refractivity contribution in [2.75, 3.05) is 6.54 Å². The molecule has 2 heteroatoms. The molecular weight excluding hydrogens is 136 g/mol. The summed E-state index contributed by atoms with van der Waals surface area (Å²) in [6.45, 7) is 3.22. The Morgan fingerprint density at radius 2 is 2.18 bits per heavy atom. The van der Waals surface area contributed by atoms with Gasteiger partial charge in [0.2, 0.25) is 0 Å². The Hall–Kier alpha value is -0.400. The van der Waals surface area contributed by atoms with E-state index in [0.717, 1.165) is 6.54 Å². The lowest BCUT2D eigenvalue weighted by atomic mass is 10.1. The molecule has 0 aliphatic carbocycles. The van der Waals surface area contributed by atoms with E-state index >= 15 is 0 Å². The zero-order valence-corrected chi connectivity index (χ0v) is 7.42. The summed E-state index contributed by atoms with van der Waals surface area (Å²) in [5.41, 5.74) is 0. The lowest BCUT2D eigenvalue weighted by molar-refractivity contribution is 0.553. The van der Waals surface area contributed by atoms with Crippen LogP contribution in [0.1, 0.15) is 45.4 Å². The maximum absolute atomic E-state index is 4.16. The summed E-state index contributed by atoms with van der Waals surface area (Å²) in [5.74, 6) is 0. The van der Waals surface area contributed by atoms with E-state index in [2.05, 4.69) is 17.2 Å². The van der Waals surface area contributed by atoms with Crippen LogP contribution in [0.25, 0.3) is 0 Å². The van der Waals surface area contributed by atoms with Gasteiger partial charge in [0.05, 0.1) is 12.6 Å². The standard InChI is InChI=1S/C9H18N2/c1-2-3-4-5-6-9-7-8-10-11-9/h9H,2-8H2,1H3. The van der Waals surface area contributed by atoms with Gasteiger partial charge in [-0.05, 0) is 12.8 Å². The highest BCUT2D eigenvalue weighted by atomic mass is 15.1.